The number of carboxylic acid groups (broad SMARTS) is 1. The summed E-state index contributed by atoms with van der Waals surface area (Å²) >= 11 is 1.33. The summed E-state index contributed by atoms with van der Waals surface area (Å²) in [6.45, 7) is 7.13. The van der Waals surface area contributed by atoms with Gasteiger partial charge in [-0.25, -0.2) is 9.78 Å². The molecule has 0 saturated carbocycles. The molecule has 100 valence electrons. The van der Waals surface area contributed by atoms with E-state index in [9.17, 15) is 4.79 Å². The second-order valence-corrected chi connectivity index (χ2v) is 5.47. The van der Waals surface area contributed by atoms with Gasteiger partial charge in [0.15, 0.2) is 0 Å². The van der Waals surface area contributed by atoms with E-state index in [0.717, 1.165) is 49.8 Å². The highest BCUT2D eigenvalue weighted by molar-refractivity contribution is 7.13. The highest BCUT2D eigenvalue weighted by atomic mass is 32.1. The zero-order chi connectivity index (χ0) is 13.0. The first-order valence-electron chi connectivity index (χ1n) is 6.35. The molecule has 1 aliphatic heterocycles. The van der Waals surface area contributed by atoms with E-state index in [0.29, 0.717) is 11.3 Å². The van der Waals surface area contributed by atoms with Crippen molar-refractivity contribution in [3.05, 3.63) is 15.6 Å². The average Bonchev–Trinajstić information content (AvgIpc) is 2.81. The molecule has 0 amide bonds. The molecule has 1 aliphatic rings. The summed E-state index contributed by atoms with van der Waals surface area (Å²) in [5.74, 6) is -0.849. The van der Waals surface area contributed by atoms with Gasteiger partial charge in [-0.1, -0.05) is 6.92 Å². The molecule has 1 saturated heterocycles. The molecule has 18 heavy (non-hydrogen) atoms. The lowest BCUT2D eigenvalue weighted by molar-refractivity contribution is 0.0701. The van der Waals surface area contributed by atoms with Crippen LogP contribution in [0, 0.1) is 0 Å². The molecule has 2 rings (SSSR count). The predicted molar refractivity (Wildman–Crippen MR) is 71.5 cm³/mol. The van der Waals surface area contributed by atoms with Gasteiger partial charge in [0.2, 0.25) is 0 Å². The van der Waals surface area contributed by atoms with Gasteiger partial charge < -0.3 is 15.3 Å². The van der Waals surface area contributed by atoms with Crippen molar-refractivity contribution in [3.63, 3.8) is 0 Å². The fourth-order valence-corrected chi connectivity index (χ4v) is 3.08. The van der Waals surface area contributed by atoms with Gasteiger partial charge >= 0.3 is 5.97 Å². The third-order valence-corrected chi connectivity index (χ3v) is 4.27. The van der Waals surface area contributed by atoms with Crippen LogP contribution in [-0.4, -0.2) is 53.7 Å². The maximum atomic E-state index is 11.1. The number of aromatic nitrogens is 1. The lowest BCUT2D eigenvalue weighted by Gasteiger charge is -2.26. The lowest BCUT2D eigenvalue weighted by Crippen LogP contribution is -2.44. The summed E-state index contributed by atoms with van der Waals surface area (Å²) in [5, 5.41) is 13.3. The Bertz CT molecular complexity index is 413. The molecule has 1 aromatic rings. The van der Waals surface area contributed by atoms with E-state index in [-0.39, 0.29) is 0 Å². The van der Waals surface area contributed by atoms with Gasteiger partial charge in [-0.05, 0) is 6.42 Å². The van der Waals surface area contributed by atoms with Crippen molar-refractivity contribution in [2.45, 2.75) is 19.8 Å². The van der Waals surface area contributed by atoms with Crippen LogP contribution < -0.4 is 5.32 Å². The first-order valence-corrected chi connectivity index (χ1v) is 7.17. The Morgan fingerprint density at radius 2 is 2.22 bits per heavy atom. The number of nitrogens with zero attached hydrogens (tertiary/aromatic N) is 2. The molecule has 0 atom stereocenters. The smallest absolute Gasteiger partial charge is 0.347 e. The third kappa shape index (κ3) is 3.28. The monoisotopic (exact) mass is 269 g/mol. The van der Waals surface area contributed by atoms with Crippen molar-refractivity contribution in [1.82, 2.24) is 15.2 Å². The van der Waals surface area contributed by atoms with E-state index >= 15 is 0 Å². The summed E-state index contributed by atoms with van der Waals surface area (Å²) in [5.41, 5.74) is 0.725. The van der Waals surface area contributed by atoms with Crippen LogP contribution in [0.4, 0.5) is 0 Å². The molecule has 0 unspecified atom stereocenters. The van der Waals surface area contributed by atoms with Gasteiger partial charge in [0, 0.05) is 39.1 Å². The van der Waals surface area contributed by atoms with Crippen LogP contribution in [0.3, 0.4) is 0 Å². The number of hydrogen-bond acceptors (Lipinski definition) is 5. The molecular weight excluding hydrogens is 250 g/mol. The second kappa shape index (κ2) is 6.26. The molecule has 0 radical (unpaired) electrons. The molecule has 0 aliphatic carbocycles. The number of piperazine rings is 1. The molecule has 6 heteroatoms. The van der Waals surface area contributed by atoms with E-state index < -0.39 is 5.97 Å². The number of carboxylic acids is 1. The Balaban J connectivity index is 1.94. The number of carbonyl (C=O) groups is 1. The predicted octanol–water partition coefficient (Wildman–Crippen LogP) is 0.851. The minimum atomic E-state index is -0.849. The summed E-state index contributed by atoms with van der Waals surface area (Å²) in [6, 6.07) is 0. The molecule has 2 N–H and O–H groups in total. The second-order valence-electron chi connectivity index (χ2n) is 4.38. The van der Waals surface area contributed by atoms with Gasteiger partial charge in [-0.15, -0.1) is 11.3 Å². The minimum absolute atomic E-state index is 0.410. The van der Waals surface area contributed by atoms with Crippen LogP contribution >= 0.6 is 11.3 Å². The van der Waals surface area contributed by atoms with E-state index in [1.165, 1.54) is 11.3 Å². The van der Waals surface area contributed by atoms with E-state index in [2.05, 4.69) is 15.2 Å². The summed E-state index contributed by atoms with van der Waals surface area (Å²) < 4.78 is 0. The van der Waals surface area contributed by atoms with Gasteiger partial charge in [-0.2, -0.15) is 0 Å². The van der Waals surface area contributed by atoms with Crippen molar-refractivity contribution in [1.29, 1.82) is 0 Å². The number of hydrogen-bond donors (Lipinski definition) is 2. The van der Waals surface area contributed by atoms with Crippen molar-refractivity contribution in [2.24, 2.45) is 0 Å². The van der Waals surface area contributed by atoms with Crippen LogP contribution in [0.2, 0.25) is 0 Å². The van der Waals surface area contributed by atoms with Gasteiger partial charge in [0.25, 0.3) is 0 Å². The zero-order valence-electron chi connectivity index (χ0n) is 10.6. The van der Waals surface area contributed by atoms with Crippen LogP contribution in [0.5, 0.6) is 0 Å². The summed E-state index contributed by atoms with van der Waals surface area (Å²) in [7, 11) is 0. The average molecular weight is 269 g/mol. The van der Waals surface area contributed by atoms with E-state index in [1.54, 1.807) is 0 Å². The molecule has 1 aromatic heterocycles. The molecule has 2 heterocycles. The normalized spacial score (nSPS) is 16.9. The number of rotatable bonds is 5. The van der Waals surface area contributed by atoms with Crippen LogP contribution in [0.15, 0.2) is 0 Å². The fourth-order valence-electron chi connectivity index (χ4n) is 2.10. The Morgan fingerprint density at radius 1 is 1.50 bits per heavy atom. The Labute approximate surface area is 111 Å². The topological polar surface area (TPSA) is 65.5 Å². The Morgan fingerprint density at radius 3 is 2.78 bits per heavy atom. The minimum Gasteiger partial charge on any atom is -0.477 e. The SMILES string of the molecule is CCc1nc(CCN2CCNCC2)sc1C(=O)O. The van der Waals surface area contributed by atoms with Gasteiger partial charge in [0.1, 0.15) is 4.88 Å². The van der Waals surface area contributed by atoms with E-state index in [4.69, 9.17) is 5.11 Å². The number of aromatic carboxylic acids is 1. The first kappa shape index (κ1) is 13.5. The van der Waals surface area contributed by atoms with Crippen LogP contribution in [0.25, 0.3) is 0 Å². The Kier molecular flexibility index (Phi) is 4.68. The number of thiazole rings is 1. The van der Waals surface area contributed by atoms with Gasteiger partial charge in [-0.3, -0.25) is 0 Å². The summed E-state index contributed by atoms with van der Waals surface area (Å²) in [6.07, 6.45) is 1.54. The molecular formula is C12H19N3O2S. The zero-order valence-corrected chi connectivity index (χ0v) is 11.4. The highest BCUT2D eigenvalue weighted by Gasteiger charge is 2.16. The fraction of sp³-hybridized carbons (Fsp3) is 0.667. The molecule has 0 aromatic carbocycles. The highest BCUT2D eigenvalue weighted by Crippen LogP contribution is 2.20. The van der Waals surface area contributed by atoms with Crippen LogP contribution in [0.1, 0.15) is 27.3 Å². The molecule has 5 nitrogen and oxygen atoms in total. The van der Waals surface area contributed by atoms with Crippen molar-refractivity contribution >= 4 is 17.3 Å². The third-order valence-electron chi connectivity index (χ3n) is 3.12. The van der Waals surface area contributed by atoms with Crippen LogP contribution in [-0.2, 0) is 12.8 Å². The van der Waals surface area contributed by atoms with E-state index in [1.807, 2.05) is 6.92 Å². The number of aryl methyl sites for hydroxylation is 1. The maximum absolute atomic E-state index is 11.1. The summed E-state index contributed by atoms with van der Waals surface area (Å²) in [4.78, 5) is 18.3. The quantitative estimate of drug-likeness (QED) is 0.829. The Hall–Kier alpha value is -0.980. The maximum Gasteiger partial charge on any atom is 0.347 e. The standard InChI is InChI=1S/C12H19N3O2S/c1-2-9-11(12(16)17)18-10(14-9)3-6-15-7-4-13-5-8-15/h13H,2-8H2,1H3,(H,16,17). The van der Waals surface area contributed by atoms with Crippen molar-refractivity contribution in [3.8, 4) is 0 Å². The van der Waals surface area contributed by atoms with Gasteiger partial charge in [0.05, 0.1) is 10.7 Å². The lowest BCUT2D eigenvalue weighted by atomic mass is 10.3. The largest absolute Gasteiger partial charge is 0.477 e. The van der Waals surface area contributed by atoms with Crippen molar-refractivity contribution < 1.29 is 9.90 Å². The van der Waals surface area contributed by atoms with Crippen molar-refractivity contribution in [2.75, 3.05) is 32.7 Å². The first-order chi connectivity index (χ1) is 8.70. The number of nitrogens with one attached hydrogen (secondary N) is 1. The molecule has 1 fully saturated rings. The molecule has 0 bridgehead atoms. The molecule has 0 spiro atoms.